The number of fused-ring (bicyclic) bond motifs is 2. The van der Waals surface area contributed by atoms with Gasteiger partial charge in [0.15, 0.2) is 11.0 Å². The molecule has 0 radical (unpaired) electrons. The molecule has 0 bridgehead atoms. The van der Waals surface area contributed by atoms with Crippen molar-refractivity contribution in [3.63, 3.8) is 0 Å². The first-order valence-electron chi connectivity index (χ1n) is 10.4. The second-order valence-corrected chi connectivity index (χ2v) is 9.59. The number of carbonyl (C=O) groups excluding carboxylic acids is 1. The first-order chi connectivity index (χ1) is 15.7. The Labute approximate surface area is 195 Å². The molecule has 3 aromatic rings. The third-order valence-corrected chi connectivity index (χ3v) is 7.77. The van der Waals surface area contributed by atoms with E-state index in [9.17, 15) is 9.90 Å². The number of amides is 1. The van der Waals surface area contributed by atoms with Crippen molar-refractivity contribution in [3.05, 3.63) is 72.8 Å². The van der Waals surface area contributed by atoms with Gasteiger partial charge in [-0.25, -0.2) is 0 Å². The van der Waals surface area contributed by atoms with Gasteiger partial charge < -0.3 is 14.6 Å². The lowest BCUT2D eigenvalue weighted by Crippen LogP contribution is -2.48. The quantitative estimate of drug-likeness (QED) is 0.551. The average Bonchev–Trinajstić information content (AvgIpc) is 3.24. The van der Waals surface area contributed by atoms with Crippen LogP contribution < -0.4 is 4.90 Å². The molecule has 2 aliphatic rings. The van der Waals surface area contributed by atoms with Crippen LogP contribution in [0.5, 0.6) is 5.75 Å². The number of benzene rings is 2. The van der Waals surface area contributed by atoms with Crippen LogP contribution in [0.15, 0.2) is 82.9 Å². The smallest absolute Gasteiger partial charge is 0.238 e. The molecule has 2 aromatic carbocycles. The number of rotatable bonds is 5. The molecule has 1 aromatic heterocycles. The molecule has 5 rings (SSSR count). The van der Waals surface area contributed by atoms with E-state index >= 15 is 0 Å². The number of thioether (sulfide) groups is 2. The van der Waals surface area contributed by atoms with E-state index in [0.29, 0.717) is 23.1 Å². The Morgan fingerprint density at radius 3 is 2.72 bits per heavy atom. The largest absolute Gasteiger partial charge is 0.507 e. The second-order valence-electron chi connectivity index (χ2n) is 7.43. The summed E-state index contributed by atoms with van der Waals surface area (Å²) in [4.78, 5) is 16.5. The van der Waals surface area contributed by atoms with Gasteiger partial charge in [-0.1, -0.05) is 60.3 Å². The third-order valence-electron chi connectivity index (χ3n) is 5.51. The van der Waals surface area contributed by atoms with Crippen LogP contribution in [0.2, 0.25) is 0 Å². The maximum absolute atomic E-state index is 13.5. The van der Waals surface area contributed by atoms with Crippen molar-refractivity contribution in [2.75, 3.05) is 10.7 Å². The molecule has 0 saturated carbocycles. The number of aromatic nitrogens is 3. The fourth-order valence-corrected chi connectivity index (χ4v) is 6.14. The monoisotopic (exact) mass is 462 g/mol. The highest BCUT2D eigenvalue weighted by Gasteiger charge is 2.36. The Hall–Kier alpha value is -2.97. The number of nitrogens with zero attached hydrogens (tertiary/aromatic N) is 4. The van der Waals surface area contributed by atoms with E-state index in [-0.39, 0.29) is 28.7 Å². The molecule has 1 aliphatic carbocycles. The van der Waals surface area contributed by atoms with Crippen LogP contribution in [0.4, 0.5) is 5.69 Å². The normalized spacial score (nSPS) is 19.0. The van der Waals surface area contributed by atoms with Gasteiger partial charge in [-0.2, -0.15) is 0 Å². The Morgan fingerprint density at radius 1 is 1.09 bits per heavy atom. The zero-order valence-corrected chi connectivity index (χ0v) is 19.1. The SMILES string of the molecule is CCn1c(SCC(=O)N2c3ccccc3S[C@@H]3C=CC=C[C@@H]32)nnc1-c1ccccc1O. The fraction of sp³-hybridized carbons (Fsp3) is 0.208. The highest BCUT2D eigenvalue weighted by Crippen LogP contribution is 2.43. The average molecular weight is 463 g/mol. The van der Waals surface area contributed by atoms with E-state index in [0.717, 1.165) is 10.6 Å². The van der Waals surface area contributed by atoms with Crippen LogP contribution in [0.25, 0.3) is 11.4 Å². The number of phenolic OH excluding ortho intramolecular Hbond substituents is 1. The van der Waals surface area contributed by atoms with Crippen LogP contribution in [-0.4, -0.2) is 42.8 Å². The van der Waals surface area contributed by atoms with Crippen molar-refractivity contribution in [2.45, 2.75) is 34.8 Å². The number of hydrogen-bond donors (Lipinski definition) is 1. The number of anilines is 1. The maximum atomic E-state index is 13.5. The molecular formula is C24H22N4O2S2. The van der Waals surface area contributed by atoms with Gasteiger partial charge in [-0.15, -0.1) is 22.0 Å². The number of aromatic hydroxyl groups is 1. The number of para-hydroxylation sites is 2. The van der Waals surface area contributed by atoms with E-state index < -0.39 is 0 Å². The van der Waals surface area contributed by atoms with Gasteiger partial charge in [0.1, 0.15) is 5.75 Å². The van der Waals surface area contributed by atoms with Crippen molar-refractivity contribution < 1.29 is 9.90 Å². The molecule has 8 heteroatoms. The van der Waals surface area contributed by atoms with Gasteiger partial charge in [0.25, 0.3) is 0 Å². The third kappa shape index (κ3) is 3.73. The van der Waals surface area contributed by atoms with E-state index in [1.54, 1.807) is 23.9 Å². The maximum Gasteiger partial charge on any atom is 0.238 e. The van der Waals surface area contributed by atoms with Gasteiger partial charge >= 0.3 is 0 Å². The topological polar surface area (TPSA) is 71.2 Å². The molecule has 2 atom stereocenters. The number of allylic oxidation sites excluding steroid dienone is 2. The predicted octanol–water partition coefficient (Wildman–Crippen LogP) is 4.76. The highest BCUT2D eigenvalue weighted by atomic mass is 32.2. The Kier molecular flexibility index (Phi) is 5.80. The first kappa shape index (κ1) is 20.9. The summed E-state index contributed by atoms with van der Waals surface area (Å²) in [6.45, 7) is 2.63. The summed E-state index contributed by atoms with van der Waals surface area (Å²) < 4.78 is 1.93. The lowest BCUT2D eigenvalue weighted by molar-refractivity contribution is -0.116. The van der Waals surface area contributed by atoms with E-state index in [4.69, 9.17) is 0 Å². The molecule has 6 nitrogen and oxygen atoms in total. The van der Waals surface area contributed by atoms with Crippen molar-refractivity contribution >= 4 is 35.1 Å². The van der Waals surface area contributed by atoms with Crippen molar-refractivity contribution in [2.24, 2.45) is 0 Å². The molecule has 0 spiro atoms. The Balaban J connectivity index is 1.40. The summed E-state index contributed by atoms with van der Waals surface area (Å²) in [5, 5.41) is 19.7. The Bertz CT molecular complexity index is 1220. The zero-order valence-electron chi connectivity index (χ0n) is 17.5. The molecule has 1 amide bonds. The molecule has 1 N–H and O–H groups in total. The standard InChI is InChI=1S/C24H22N4O2S2/c1-2-27-23(16-9-3-6-12-19(16)29)25-26-24(27)31-15-22(30)28-17-10-4-7-13-20(17)32-21-14-8-5-11-18(21)28/h3-14,17,20,29H,2,15H2,1H3/t17-,20+/m0/s1. The molecule has 1 aliphatic heterocycles. The molecule has 162 valence electrons. The molecular weight excluding hydrogens is 440 g/mol. The minimum absolute atomic E-state index is 0.00567. The summed E-state index contributed by atoms with van der Waals surface area (Å²) in [6.07, 6.45) is 8.31. The Morgan fingerprint density at radius 2 is 1.88 bits per heavy atom. The van der Waals surface area contributed by atoms with Crippen molar-refractivity contribution in [1.29, 1.82) is 0 Å². The van der Waals surface area contributed by atoms with Gasteiger partial charge in [0.05, 0.1) is 28.3 Å². The molecule has 0 saturated heterocycles. The summed E-state index contributed by atoms with van der Waals surface area (Å²) in [5.74, 6) is 1.04. The summed E-state index contributed by atoms with van der Waals surface area (Å²) in [6, 6.07) is 15.1. The van der Waals surface area contributed by atoms with Gasteiger partial charge in [-0.05, 0) is 31.2 Å². The van der Waals surface area contributed by atoms with Crippen LogP contribution in [-0.2, 0) is 11.3 Å². The van der Waals surface area contributed by atoms with Crippen molar-refractivity contribution in [1.82, 2.24) is 14.8 Å². The minimum atomic E-state index is -0.00567. The number of phenols is 1. The fourth-order valence-electron chi connectivity index (χ4n) is 4.02. The van der Waals surface area contributed by atoms with Crippen LogP contribution in [0, 0.1) is 0 Å². The number of hydrogen-bond acceptors (Lipinski definition) is 6. The van der Waals surface area contributed by atoms with E-state index in [1.165, 1.54) is 11.8 Å². The van der Waals surface area contributed by atoms with Crippen molar-refractivity contribution in [3.8, 4) is 17.1 Å². The van der Waals surface area contributed by atoms with E-state index in [1.807, 2.05) is 58.9 Å². The molecule has 32 heavy (non-hydrogen) atoms. The number of carbonyl (C=O) groups is 1. The van der Waals surface area contributed by atoms with E-state index in [2.05, 4.69) is 28.4 Å². The summed E-state index contributed by atoms with van der Waals surface area (Å²) >= 11 is 3.17. The predicted molar refractivity (Wildman–Crippen MR) is 129 cm³/mol. The van der Waals surface area contributed by atoms with Crippen LogP contribution in [0.3, 0.4) is 0 Å². The molecule has 0 unspecified atom stereocenters. The van der Waals surface area contributed by atoms with Crippen LogP contribution >= 0.6 is 23.5 Å². The van der Waals surface area contributed by atoms with Gasteiger partial charge in [0.2, 0.25) is 5.91 Å². The lowest BCUT2D eigenvalue weighted by atomic mass is 10.0. The lowest BCUT2D eigenvalue weighted by Gasteiger charge is -2.40. The minimum Gasteiger partial charge on any atom is -0.507 e. The molecule has 0 fully saturated rings. The zero-order chi connectivity index (χ0) is 22.1. The molecule has 2 heterocycles. The first-order valence-corrected chi connectivity index (χ1v) is 12.3. The summed E-state index contributed by atoms with van der Waals surface area (Å²) in [7, 11) is 0. The van der Waals surface area contributed by atoms with Gasteiger partial charge in [-0.3, -0.25) is 4.79 Å². The van der Waals surface area contributed by atoms with Gasteiger partial charge in [0, 0.05) is 11.4 Å². The summed E-state index contributed by atoms with van der Waals surface area (Å²) in [5.41, 5.74) is 1.58. The second kappa shape index (κ2) is 8.88. The van der Waals surface area contributed by atoms with Crippen LogP contribution in [0.1, 0.15) is 6.92 Å². The highest BCUT2D eigenvalue weighted by molar-refractivity contribution is 8.00.